The molecule has 3 amide bonds. The Hall–Kier alpha value is -3.39. The van der Waals surface area contributed by atoms with E-state index in [9.17, 15) is 14.4 Å². The van der Waals surface area contributed by atoms with Crippen molar-refractivity contribution >= 4 is 17.7 Å². The average molecular weight is 440 g/mol. The van der Waals surface area contributed by atoms with Gasteiger partial charge >= 0.3 is 0 Å². The van der Waals surface area contributed by atoms with Gasteiger partial charge in [-0.3, -0.25) is 19.6 Å². The predicted molar refractivity (Wildman–Crippen MR) is 118 cm³/mol. The van der Waals surface area contributed by atoms with E-state index in [0.717, 1.165) is 23.1 Å². The maximum atomic E-state index is 13.7. The van der Waals surface area contributed by atoms with Crippen molar-refractivity contribution in [3.8, 4) is 5.75 Å². The normalized spacial score (nSPS) is 18.1. The van der Waals surface area contributed by atoms with Crippen LogP contribution in [0, 0.1) is 0 Å². The van der Waals surface area contributed by atoms with Crippen molar-refractivity contribution < 1.29 is 24.3 Å². The van der Waals surface area contributed by atoms with Crippen LogP contribution in [0.1, 0.15) is 36.0 Å². The van der Waals surface area contributed by atoms with Crippen LogP contribution in [-0.2, 0) is 32.6 Å². The summed E-state index contributed by atoms with van der Waals surface area (Å²) >= 11 is 0. The number of hydroxylamine groups is 1. The number of fused-ring (bicyclic) bond motifs is 1. The van der Waals surface area contributed by atoms with Gasteiger partial charge in [-0.15, -0.1) is 0 Å². The van der Waals surface area contributed by atoms with E-state index in [1.54, 1.807) is 24.7 Å². The number of hydrogen-bond donors (Lipinski definition) is 4. The lowest BCUT2D eigenvalue weighted by atomic mass is 9.67. The Morgan fingerprint density at radius 3 is 2.50 bits per heavy atom. The molecular formula is C24H29N3O5. The number of carbonyl (C=O) groups is 3. The van der Waals surface area contributed by atoms with Crippen LogP contribution in [0.25, 0.3) is 0 Å². The summed E-state index contributed by atoms with van der Waals surface area (Å²) in [6.07, 6.45) is 2.02. The first-order valence-corrected chi connectivity index (χ1v) is 10.6. The van der Waals surface area contributed by atoms with E-state index in [1.807, 2.05) is 36.4 Å². The largest absolute Gasteiger partial charge is 0.497 e. The molecule has 2 atom stereocenters. The van der Waals surface area contributed by atoms with Gasteiger partial charge in [0.15, 0.2) is 0 Å². The second-order valence-electron chi connectivity index (χ2n) is 8.00. The highest BCUT2D eigenvalue weighted by Crippen LogP contribution is 2.40. The summed E-state index contributed by atoms with van der Waals surface area (Å²) < 4.78 is 5.17. The molecule has 1 unspecified atom stereocenters. The van der Waals surface area contributed by atoms with Crippen LogP contribution in [-0.4, -0.2) is 43.1 Å². The zero-order valence-electron chi connectivity index (χ0n) is 18.3. The summed E-state index contributed by atoms with van der Waals surface area (Å²) in [4.78, 5) is 38.5. The molecule has 1 aliphatic carbocycles. The minimum absolute atomic E-state index is 0.213. The third kappa shape index (κ3) is 4.91. The quantitative estimate of drug-likeness (QED) is 0.369. The minimum Gasteiger partial charge on any atom is -0.497 e. The lowest BCUT2D eigenvalue weighted by Gasteiger charge is -2.38. The fourth-order valence-corrected chi connectivity index (χ4v) is 4.41. The highest BCUT2D eigenvalue weighted by Gasteiger charge is 2.45. The fraction of sp³-hybridized carbons (Fsp3) is 0.375. The Balaban J connectivity index is 1.92. The molecule has 0 saturated carbocycles. The topological polar surface area (TPSA) is 117 Å². The Labute approximate surface area is 187 Å². The van der Waals surface area contributed by atoms with Crippen molar-refractivity contribution in [1.29, 1.82) is 0 Å². The Kier molecular flexibility index (Phi) is 7.48. The molecule has 0 spiro atoms. The summed E-state index contributed by atoms with van der Waals surface area (Å²) in [6.45, 7) is 0. The first-order valence-electron chi connectivity index (χ1n) is 10.6. The van der Waals surface area contributed by atoms with Gasteiger partial charge in [-0.05, 0) is 48.1 Å². The van der Waals surface area contributed by atoms with Crippen molar-refractivity contribution in [2.45, 2.75) is 43.6 Å². The van der Waals surface area contributed by atoms with Crippen molar-refractivity contribution in [3.63, 3.8) is 0 Å². The molecule has 32 heavy (non-hydrogen) atoms. The third-order valence-corrected chi connectivity index (χ3v) is 6.07. The molecule has 0 saturated heterocycles. The monoisotopic (exact) mass is 439 g/mol. The van der Waals surface area contributed by atoms with E-state index in [2.05, 4.69) is 10.6 Å². The molecule has 2 aromatic rings. The third-order valence-electron chi connectivity index (χ3n) is 6.07. The van der Waals surface area contributed by atoms with E-state index in [1.165, 1.54) is 7.05 Å². The number of benzene rings is 2. The number of hydrogen-bond acceptors (Lipinski definition) is 5. The van der Waals surface area contributed by atoms with Gasteiger partial charge in [-0.1, -0.05) is 36.4 Å². The summed E-state index contributed by atoms with van der Waals surface area (Å²) in [6, 6.07) is 14.0. The summed E-state index contributed by atoms with van der Waals surface area (Å²) in [5.74, 6) is -0.694. The number of ether oxygens (including phenoxy) is 1. The number of rotatable bonds is 8. The van der Waals surface area contributed by atoms with Gasteiger partial charge in [0, 0.05) is 19.9 Å². The highest BCUT2D eigenvalue weighted by atomic mass is 16.5. The van der Waals surface area contributed by atoms with Gasteiger partial charge in [0.25, 0.3) is 0 Å². The Morgan fingerprint density at radius 2 is 1.84 bits per heavy atom. The van der Waals surface area contributed by atoms with E-state index in [-0.39, 0.29) is 18.7 Å². The van der Waals surface area contributed by atoms with Gasteiger partial charge in [0.05, 0.1) is 12.5 Å². The molecule has 0 aromatic heterocycles. The summed E-state index contributed by atoms with van der Waals surface area (Å²) in [5, 5.41) is 14.6. The molecule has 0 radical (unpaired) electrons. The Morgan fingerprint density at radius 1 is 1.12 bits per heavy atom. The van der Waals surface area contributed by atoms with Crippen molar-refractivity contribution in [3.05, 3.63) is 65.2 Å². The van der Waals surface area contributed by atoms with Crippen molar-refractivity contribution in [2.75, 3.05) is 14.2 Å². The SMILES string of the molecule is CNC(=O)[C@H](Cc1ccc(OC)cc1)NC(=O)C1(CC(=O)NO)CCCc2ccccc21. The van der Waals surface area contributed by atoms with Crippen molar-refractivity contribution in [1.82, 2.24) is 16.1 Å². The molecule has 2 aromatic carbocycles. The van der Waals surface area contributed by atoms with Crippen LogP contribution in [0.2, 0.25) is 0 Å². The molecule has 4 N–H and O–H groups in total. The lowest BCUT2D eigenvalue weighted by Crippen LogP contribution is -2.55. The van der Waals surface area contributed by atoms with E-state index < -0.39 is 23.3 Å². The van der Waals surface area contributed by atoms with Gasteiger partial charge in [0.2, 0.25) is 17.7 Å². The molecule has 0 bridgehead atoms. The van der Waals surface area contributed by atoms with E-state index in [0.29, 0.717) is 18.6 Å². The van der Waals surface area contributed by atoms with Gasteiger partial charge in [-0.25, -0.2) is 5.48 Å². The van der Waals surface area contributed by atoms with E-state index in [4.69, 9.17) is 9.94 Å². The van der Waals surface area contributed by atoms with Gasteiger partial charge in [-0.2, -0.15) is 0 Å². The summed E-state index contributed by atoms with van der Waals surface area (Å²) in [7, 11) is 3.09. The molecule has 3 rings (SSSR count). The second kappa shape index (κ2) is 10.3. The van der Waals surface area contributed by atoms with Crippen LogP contribution < -0.4 is 20.9 Å². The zero-order valence-corrected chi connectivity index (χ0v) is 18.3. The predicted octanol–water partition coefficient (Wildman–Crippen LogP) is 1.64. The maximum Gasteiger partial charge on any atom is 0.244 e. The lowest BCUT2D eigenvalue weighted by molar-refractivity contribution is -0.138. The molecule has 0 heterocycles. The molecule has 1 aliphatic rings. The van der Waals surface area contributed by atoms with Crippen LogP contribution in [0.4, 0.5) is 0 Å². The fourth-order valence-electron chi connectivity index (χ4n) is 4.41. The molecule has 0 aliphatic heterocycles. The zero-order chi connectivity index (χ0) is 23.1. The molecule has 8 nitrogen and oxygen atoms in total. The Bertz CT molecular complexity index is 976. The minimum atomic E-state index is -1.17. The van der Waals surface area contributed by atoms with E-state index >= 15 is 0 Å². The van der Waals surface area contributed by atoms with Crippen LogP contribution in [0.3, 0.4) is 0 Å². The van der Waals surface area contributed by atoms with Gasteiger partial charge < -0.3 is 15.4 Å². The number of amides is 3. The van der Waals surface area contributed by atoms with Crippen molar-refractivity contribution in [2.24, 2.45) is 0 Å². The second-order valence-corrected chi connectivity index (χ2v) is 8.00. The highest BCUT2D eigenvalue weighted by molar-refractivity contribution is 5.97. The van der Waals surface area contributed by atoms with Crippen LogP contribution in [0.5, 0.6) is 5.75 Å². The van der Waals surface area contributed by atoms with Crippen LogP contribution in [0.15, 0.2) is 48.5 Å². The smallest absolute Gasteiger partial charge is 0.244 e. The summed E-state index contributed by atoms with van der Waals surface area (Å²) in [5.41, 5.74) is 3.08. The number of likely N-dealkylation sites (N-methyl/N-ethyl adjacent to an activating group) is 1. The van der Waals surface area contributed by atoms with Crippen LogP contribution >= 0.6 is 0 Å². The number of carbonyl (C=O) groups excluding carboxylic acids is 3. The average Bonchev–Trinajstić information content (AvgIpc) is 2.83. The molecular weight excluding hydrogens is 410 g/mol. The first kappa shape index (κ1) is 23.3. The van der Waals surface area contributed by atoms with Gasteiger partial charge in [0.1, 0.15) is 11.8 Å². The number of methoxy groups -OCH3 is 1. The maximum absolute atomic E-state index is 13.7. The standard InChI is InChI=1S/C24H29N3O5/c1-25-22(29)20(14-16-9-11-18(32-2)12-10-16)26-23(30)24(15-21(28)27-31)13-5-7-17-6-3-4-8-19(17)24/h3-4,6,8-12,20,31H,5,7,13-15H2,1-2H3,(H,25,29)(H,26,30)(H,27,28)/t20-,24?/m0/s1. The number of nitrogens with one attached hydrogen (secondary N) is 3. The molecule has 0 fully saturated rings. The molecule has 170 valence electrons. The molecule has 8 heteroatoms. The first-order chi connectivity index (χ1) is 15.4. The number of aryl methyl sites for hydroxylation is 1.